The molecule has 0 saturated heterocycles. The van der Waals surface area contributed by atoms with Crippen LogP contribution in [-0.2, 0) is 27.3 Å². The van der Waals surface area contributed by atoms with Gasteiger partial charge in [0.1, 0.15) is 0 Å². The first-order chi connectivity index (χ1) is 13.6. The predicted molar refractivity (Wildman–Crippen MR) is 104 cm³/mol. The van der Waals surface area contributed by atoms with E-state index in [2.05, 4.69) is 15.0 Å². The quantitative estimate of drug-likeness (QED) is 0.492. The Labute approximate surface area is 169 Å². The number of halogens is 3. The largest absolute Gasteiger partial charge is 0.416 e. The first-order valence-corrected chi connectivity index (χ1v) is 10.5. The summed E-state index contributed by atoms with van der Waals surface area (Å²) in [4.78, 5) is 16.2. The average molecular weight is 442 g/mol. The van der Waals surface area contributed by atoms with E-state index >= 15 is 0 Å². The molecular weight excluding hydrogens is 427 g/mol. The van der Waals surface area contributed by atoms with Gasteiger partial charge in [-0.1, -0.05) is 18.2 Å². The number of anilines is 1. The molecule has 1 atom stereocenters. The fourth-order valence-electron chi connectivity index (χ4n) is 2.36. The van der Waals surface area contributed by atoms with E-state index in [9.17, 15) is 26.7 Å². The van der Waals surface area contributed by atoms with Crippen molar-refractivity contribution in [3.05, 3.63) is 76.8 Å². The third-order valence-corrected chi connectivity index (χ3v) is 5.99. The maximum absolute atomic E-state index is 12.6. The Kier molecular flexibility index (Phi) is 6.01. The number of rotatable bonds is 6. The molecule has 1 amide bonds. The number of thiazole rings is 1. The van der Waals surface area contributed by atoms with Gasteiger partial charge >= 0.3 is 16.6 Å². The van der Waals surface area contributed by atoms with Gasteiger partial charge in [-0.15, -0.1) is 16.1 Å². The lowest BCUT2D eigenvalue weighted by Crippen LogP contribution is -2.24. The zero-order valence-corrected chi connectivity index (χ0v) is 16.3. The van der Waals surface area contributed by atoms with E-state index in [0.29, 0.717) is 5.56 Å². The van der Waals surface area contributed by atoms with Crippen molar-refractivity contribution in [2.24, 2.45) is 0 Å². The number of benzene rings is 2. The van der Waals surface area contributed by atoms with Crippen LogP contribution >= 0.6 is 11.3 Å². The molecule has 1 heterocycles. The minimum Gasteiger partial charge on any atom is -0.348 e. The first-order valence-electron chi connectivity index (χ1n) is 8.13. The van der Waals surface area contributed by atoms with E-state index in [4.69, 9.17) is 0 Å². The van der Waals surface area contributed by atoms with Gasteiger partial charge in [-0.05, 0) is 34.0 Å². The van der Waals surface area contributed by atoms with Crippen molar-refractivity contribution in [2.75, 3.05) is 4.72 Å². The molecule has 0 radical (unpaired) electrons. The molecule has 3 aromatic rings. The fraction of sp³-hybridized carbons (Fsp3) is 0.111. The number of nitrogens with zero attached hydrogens (tertiary/aromatic N) is 1. The normalized spacial score (nSPS) is 13.5. The second kappa shape index (κ2) is 8.31. The number of nitrogens with one attached hydrogen (secondary N) is 2. The summed E-state index contributed by atoms with van der Waals surface area (Å²) in [7, 11) is -3.66. The van der Waals surface area contributed by atoms with Gasteiger partial charge in [0.05, 0.1) is 5.56 Å². The van der Waals surface area contributed by atoms with Gasteiger partial charge in [0.2, 0.25) is 10.0 Å². The lowest BCUT2D eigenvalue weighted by atomic mass is 10.1. The molecule has 3 N–H and O–H groups in total. The van der Waals surface area contributed by atoms with Crippen molar-refractivity contribution >= 4 is 32.8 Å². The summed E-state index contributed by atoms with van der Waals surface area (Å²) in [5.41, 5.74) is -0.151. The van der Waals surface area contributed by atoms with E-state index < -0.39 is 28.0 Å². The summed E-state index contributed by atoms with van der Waals surface area (Å²) < 4.78 is 62.9. The number of amides is 1. The van der Waals surface area contributed by atoms with Gasteiger partial charge in [-0.25, -0.2) is 4.98 Å². The second-order valence-electron chi connectivity index (χ2n) is 5.87. The molecular formula is C18H15F3N3O3S2+. The topological polar surface area (TPSA) is 91.3 Å². The lowest BCUT2D eigenvalue weighted by molar-refractivity contribution is -0.137. The number of carbonyl (C=O) groups is 1. The molecule has 0 bridgehead atoms. The first kappa shape index (κ1) is 21.0. The maximum Gasteiger partial charge on any atom is 0.416 e. The van der Waals surface area contributed by atoms with Gasteiger partial charge in [-0.3, -0.25) is 4.79 Å². The van der Waals surface area contributed by atoms with E-state index in [1.54, 1.807) is 5.38 Å². The molecule has 0 aliphatic rings. The van der Waals surface area contributed by atoms with Gasteiger partial charge < -0.3 is 5.32 Å². The van der Waals surface area contributed by atoms with E-state index in [1.807, 2.05) is 0 Å². The van der Waals surface area contributed by atoms with Crippen molar-refractivity contribution in [3.8, 4) is 0 Å². The molecule has 0 aliphatic heterocycles. The van der Waals surface area contributed by atoms with Crippen LogP contribution in [0.25, 0.3) is 0 Å². The highest BCUT2D eigenvalue weighted by Crippen LogP contribution is 2.29. The Morgan fingerprint density at radius 2 is 1.90 bits per heavy atom. The maximum atomic E-state index is 12.6. The van der Waals surface area contributed by atoms with Crippen molar-refractivity contribution in [2.45, 2.75) is 17.6 Å². The highest BCUT2D eigenvalue weighted by atomic mass is 32.3. The number of hydrogen-bond acceptors (Lipinski definition) is 4. The summed E-state index contributed by atoms with van der Waals surface area (Å²) in [5, 5.41) is 4.47. The number of hydrogen-bond donors (Lipinski definition) is 3. The van der Waals surface area contributed by atoms with Crippen LogP contribution in [0.5, 0.6) is 0 Å². The van der Waals surface area contributed by atoms with E-state index in [0.717, 1.165) is 23.5 Å². The molecule has 152 valence electrons. The molecule has 1 aromatic heterocycles. The summed E-state index contributed by atoms with van der Waals surface area (Å²) in [6.07, 6.45) is -2.94. The Bertz CT molecular complexity index is 1040. The van der Waals surface area contributed by atoms with Crippen LogP contribution in [0.3, 0.4) is 0 Å². The average Bonchev–Trinajstić information content (AvgIpc) is 3.18. The Balaban J connectivity index is 1.67. The van der Waals surface area contributed by atoms with E-state index in [-0.39, 0.29) is 22.1 Å². The van der Waals surface area contributed by atoms with Crippen LogP contribution in [0.15, 0.2) is 65.0 Å². The van der Waals surface area contributed by atoms with Gasteiger partial charge in [0.15, 0.2) is 0 Å². The Hall–Kier alpha value is -2.76. The standard InChI is InChI=1S/C18H14F3N3O3S2/c19-18(20,21)14-6-4-12(5-7-14)11-23-16(25)13-2-1-3-15(10-13)29(26,27)24-17-22-8-9-28-17/h1-10H,11H2,(H2-,22,23,24,25,26,27)/p+1. The van der Waals surface area contributed by atoms with Gasteiger partial charge in [0.25, 0.3) is 5.91 Å². The third-order valence-electron chi connectivity index (χ3n) is 3.81. The number of aromatic nitrogens is 1. The SMILES string of the molecule is O=C(NCc1ccc(C(F)(F)F)cc1)c1cccc([S+](=O)(O)Nc2nccs2)c1. The van der Waals surface area contributed by atoms with Crippen molar-refractivity contribution in [1.82, 2.24) is 10.3 Å². The zero-order valence-electron chi connectivity index (χ0n) is 14.6. The van der Waals surface area contributed by atoms with Crippen molar-refractivity contribution < 1.29 is 26.7 Å². The molecule has 1 unspecified atom stereocenters. The van der Waals surface area contributed by atoms with Crippen molar-refractivity contribution in [3.63, 3.8) is 0 Å². The predicted octanol–water partition coefficient (Wildman–Crippen LogP) is 4.45. The smallest absolute Gasteiger partial charge is 0.348 e. The summed E-state index contributed by atoms with van der Waals surface area (Å²) in [6, 6.07) is 10.0. The summed E-state index contributed by atoms with van der Waals surface area (Å²) in [5.74, 6) is -0.531. The molecule has 0 fully saturated rings. The molecule has 0 aliphatic carbocycles. The molecule has 6 nitrogen and oxygen atoms in total. The van der Waals surface area contributed by atoms with Crippen LogP contribution < -0.4 is 10.0 Å². The van der Waals surface area contributed by atoms with Crippen LogP contribution in [0.1, 0.15) is 21.5 Å². The number of carbonyl (C=O) groups excluding carboxylic acids is 1. The second-order valence-corrected chi connectivity index (χ2v) is 8.49. The molecule has 0 saturated carbocycles. The minimum atomic E-state index is -4.42. The molecule has 3 rings (SSSR count). The van der Waals surface area contributed by atoms with Crippen molar-refractivity contribution in [1.29, 1.82) is 0 Å². The Morgan fingerprint density at radius 3 is 2.52 bits per heavy atom. The molecule has 29 heavy (non-hydrogen) atoms. The molecule has 2 aromatic carbocycles. The third kappa shape index (κ3) is 5.40. The number of alkyl halides is 3. The highest BCUT2D eigenvalue weighted by Gasteiger charge is 2.31. The lowest BCUT2D eigenvalue weighted by Gasteiger charge is -2.09. The minimum absolute atomic E-state index is 0.00474. The fourth-order valence-corrected chi connectivity index (χ4v) is 4.22. The van der Waals surface area contributed by atoms with Crippen LogP contribution in [0.4, 0.5) is 18.3 Å². The zero-order chi connectivity index (χ0) is 21.1. The summed E-state index contributed by atoms with van der Waals surface area (Å²) >= 11 is 1.15. The van der Waals surface area contributed by atoms with Gasteiger partial charge in [0, 0.05) is 29.8 Å². The van der Waals surface area contributed by atoms with E-state index in [1.165, 1.54) is 42.6 Å². The van der Waals surface area contributed by atoms with Gasteiger partial charge in [-0.2, -0.15) is 17.7 Å². The highest BCUT2D eigenvalue weighted by molar-refractivity contribution is 7.99. The Morgan fingerprint density at radius 1 is 1.17 bits per heavy atom. The van der Waals surface area contributed by atoms with Crippen LogP contribution in [0, 0.1) is 0 Å². The van der Waals surface area contributed by atoms with Crippen LogP contribution in [0.2, 0.25) is 0 Å². The monoisotopic (exact) mass is 442 g/mol. The molecule has 0 spiro atoms. The molecule has 11 heteroatoms. The van der Waals surface area contributed by atoms with Crippen LogP contribution in [-0.4, -0.2) is 15.4 Å². The summed E-state index contributed by atoms with van der Waals surface area (Å²) in [6.45, 7) is 0.00701.